The molecule has 0 fully saturated rings. The Labute approximate surface area is 179 Å². The van der Waals surface area contributed by atoms with Gasteiger partial charge in [-0.2, -0.15) is 0 Å². The van der Waals surface area contributed by atoms with Crippen molar-refractivity contribution in [2.45, 2.75) is 46.6 Å². The van der Waals surface area contributed by atoms with Crippen molar-refractivity contribution < 1.29 is 27.9 Å². The highest BCUT2D eigenvalue weighted by Crippen LogP contribution is 2.35. The van der Waals surface area contributed by atoms with Crippen LogP contribution in [0.5, 0.6) is 5.75 Å². The molecule has 164 valence electrons. The lowest BCUT2D eigenvalue weighted by Crippen LogP contribution is -2.37. The van der Waals surface area contributed by atoms with Crippen LogP contribution in [0.2, 0.25) is 0 Å². The Hall–Kier alpha value is -3.55. The van der Waals surface area contributed by atoms with Crippen molar-refractivity contribution in [3.05, 3.63) is 51.9 Å². The molecule has 1 amide bonds. The molecule has 0 unspecified atom stereocenters. The van der Waals surface area contributed by atoms with Gasteiger partial charge in [0.1, 0.15) is 23.5 Å². The highest BCUT2D eigenvalue weighted by Gasteiger charge is 2.24. The van der Waals surface area contributed by atoms with Gasteiger partial charge in [-0.15, -0.1) is 0 Å². The average Bonchev–Trinajstić information content (AvgIpc) is 3.12. The van der Waals surface area contributed by atoms with Gasteiger partial charge in [-0.1, -0.05) is 25.1 Å². The van der Waals surface area contributed by atoms with Gasteiger partial charge in [0.15, 0.2) is 11.5 Å². The molecule has 0 aliphatic rings. The Morgan fingerprint density at radius 2 is 1.84 bits per heavy atom. The standard InChI is InChI=1S/C23H25NO7/c1-6-15-19(29-18(25)12-24-22(27)31-23(3,4)5)13(2)21(26)30-20(15)17-11-14-9-7-8-10-16(14)28-17/h7-11H,6,12H2,1-5H3,(H,24,27). The van der Waals surface area contributed by atoms with Crippen LogP contribution in [-0.2, 0) is 16.0 Å². The Morgan fingerprint density at radius 3 is 2.48 bits per heavy atom. The van der Waals surface area contributed by atoms with Crippen molar-refractivity contribution in [2.75, 3.05) is 6.54 Å². The number of carbonyl (C=O) groups excluding carboxylic acids is 2. The third-order valence-electron chi connectivity index (χ3n) is 4.38. The van der Waals surface area contributed by atoms with Gasteiger partial charge < -0.3 is 23.6 Å². The third kappa shape index (κ3) is 5.14. The molecule has 0 atom stereocenters. The van der Waals surface area contributed by atoms with Gasteiger partial charge in [0, 0.05) is 10.9 Å². The molecule has 0 spiro atoms. The summed E-state index contributed by atoms with van der Waals surface area (Å²) in [6, 6.07) is 9.16. The van der Waals surface area contributed by atoms with Crippen molar-refractivity contribution in [1.82, 2.24) is 5.32 Å². The van der Waals surface area contributed by atoms with E-state index in [1.54, 1.807) is 32.9 Å². The summed E-state index contributed by atoms with van der Waals surface area (Å²) in [5, 5.41) is 3.19. The maximum absolute atomic E-state index is 12.4. The first-order valence-corrected chi connectivity index (χ1v) is 9.92. The molecule has 8 heteroatoms. The second kappa shape index (κ2) is 8.67. The fourth-order valence-corrected chi connectivity index (χ4v) is 3.01. The Morgan fingerprint density at radius 1 is 1.13 bits per heavy atom. The van der Waals surface area contributed by atoms with Crippen LogP contribution in [0.1, 0.15) is 38.8 Å². The van der Waals surface area contributed by atoms with E-state index in [0.717, 1.165) is 5.39 Å². The predicted molar refractivity (Wildman–Crippen MR) is 114 cm³/mol. The van der Waals surface area contributed by atoms with Crippen molar-refractivity contribution in [1.29, 1.82) is 0 Å². The summed E-state index contributed by atoms with van der Waals surface area (Å²) in [6.07, 6.45) is -0.327. The number of hydrogen-bond acceptors (Lipinski definition) is 7. The highest BCUT2D eigenvalue weighted by atomic mass is 16.6. The molecule has 3 rings (SSSR count). The number of alkyl carbamates (subject to hydrolysis) is 1. The van der Waals surface area contributed by atoms with E-state index < -0.39 is 29.8 Å². The summed E-state index contributed by atoms with van der Waals surface area (Å²) >= 11 is 0. The summed E-state index contributed by atoms with van der Waals surface area (Å²) in [5.41, 5.74) is -0.0256. The zero-order valence-corrected chi connectivity index (χ0v) is 18.2. The van der Waals surface area contributed by atoms with Crippen LogP contribution in [0.15, 0.2) is 44.0 Å². The number of ether oxygens (including phenoxy) is 2. The van der Waals surface area contributed by atoms with Crippen LogP contribution >= 0.6 is 0 Å². The highest BCUT2D eigenvalue weighted by molar-refractivity contribution is 5.83. The number of fused-ring (bicyclic) bond motifs is 1. The van der Waals surface area contributed by atoms with Gasteiger partial charge in [-0.3, -0.25) is 0 Å². The summed E-state index contributed by atoms with van der Waals surface area (Å²) in [7, 11) is 0. The lowest BCUT2D eigenvalue weighted by atomic mass is 10.1. The minimum absolute atomic E-state index is 0.102. The molecule has 0 aliphatic carbocycles. The number of furan rings is 1. The number of benzene rings is 1. The summed E-state index contributed by atoms with van der Waals surface area (Å²) in [6.45, 7) is 8.08. The number of amides is 1. The van der Waals surface area contributed by atoms with Crippen LogP contribution in [0.25, 0.3) is 22.5 Å². The third-order valence-corrected chi connectivity index (χ3v) is 4.38. The molecular weight excluding hydrogens is 402 g/mol. The van der Waals surface area contributed by atoms with Gasteiger partial charge in [0.25, 0.3) is 0 Å². The normalized spacial score (nSPS) is 11.4. The summed E-state index contributed by atoms with van der Waals surface area (Å²) in [4.78, 5) is 36.6. The van der Waals surface area contributed by atoms with Gasteiger partial charge in [0.05, 0.1) is 5.56 Å². The van der Waals surface area contributed by atoms with E-state index >= 15 is 0 Å². The van der Waals surface area contributed by atoms with Crippen LogP contribution < -0.4 is 15.7 Å². The zero-order chi connectivity index (χ0) is 22.8. The van der Waals surface area contributed by atoms with Gasteiger partial charge in [-0.05, 0) is 46.2 Å². The number of esters is 1. The smallest absolute Gasteiger partial charge is 0.408 e. The predicted octanol–water partition coefficient (Wildman–Crippen LogP) is 4.35. The lowest BCUT2D eigenvalue weighted by Gasteiger charge is -2.19. The van der Waals surface area contributed by atoms with Crippen molar-refractivity contribution in [2.24, 2.45) is 0 Å². The van der Waals surface area contributed by atoms with E-state index in [-0.39, 0.29) is 17.1 Å². The molecular formula is C23H25NO7. The zero-order valence-electron chi connectivity index (χ0n) is 18.2. The fourth-order valence-electron chi connectivity index (χ4n) is 3.01. The molecule has 1 aromatic carbocycles. The topological polar surface area (TPSA) is 108 Å². The number of hydrogen-bond donors (Lipinski definition) is 1. The van der Waals surface area contributed by atoms with Crippen LogP contribution in [0, 0.1) is 6.92 Å². The molecule has 2 heterocycles. The van der Waals surface area contributed by atoms with E-state index in [9.17, 15) is 14.4 Å². The second-order valence-corrected chi connectivity index (χ2v) is 7.98. The maximum Gasteiger partial charge on any atom is 0.408 e. The molecule has 0 saturated carbocycles. The minimum atomic E-state index is -0.746. The molecule has 0 bridgehead atoms. The maximum atomic E-state index is 12.4. The molecule has 8 nitrogen and oxygen atoms in total. The minimum Gasteiger partial charge on any atom is -0.453 e. The number of carbonyl (C=O) groups is 2. The van der Waals surface area contributed by atoms with Gasteiger partial charge in [0.2, 0.25) is 0 Å². The first-order valence-electron chi connectivity index (χ1n) is 9.92. The van der Waals surface area contributed by atoms with Gasteiger partial charge >= 0.3 is 17.7 Å². The number of para-hydroxylation sites is 1. The Bertz CT molecular complexity index is 1150. The fraction of sp³-hybridized carbons (Fsp3) is 0.348. The van der Waals surface area contributed by atoms with Gasteiger partial charge in [-0.25, -0.2) is 14.4 Å². The van der Waals surface area contributed by atoms with Crippen LogP contribution in [0.3, 0.4) is 0 Å². The van der Waals surface area contributed by atoms with Crippen molar-refractivity contribution in [3.63, 3.8) is 0 Å². The first-order chi connectivity index (χ1) is 14.6. The summed E-state index contributed by atoms with van der Waals surface area (Å²) < 4.78 is 21.9. The van der Waals surface area contributed by atoms with Crippen molar-refractivity contribution in [3.8, 4) is 17.3 Å². The van der Waals surface area contributed by atoms with Crippen LogP contribution in [-0.4, -0.2) is 24.2 Å². The molecule has 0 aliphatic heterocycles. The van der Waals surface area contributed by atoms with E-state index in [1.807, 2.05) is 25.1 Å². The first kappa shape index (κ1) is 22.1. The van der Waals surface area contributed by atoms with E-state index in [0.29, 0.717) is 23.3 Å². The van der Waals surface area contributed by atoms with Crippen LogP contribution in [0.4, 0.5) is 4.79 Å². The van der Waals surface area contributed by atoms with E-state index in [4.69, 9.17) is 18.3 Å². The molecule has 0 radical (unpaired) electrons. The molecule has 31 heavy (non-hydrogen) atoms. The average molecular weight is 427 g/mol. The molecule has 3 aromatic rings. The molecule has 2 aromatic heterocycles. The largest absolute Gasteiger partial charge is 0.453 e. The lowest BCUT2D eigenvalue weighted by molar-refractivity contribution is -0.133. The SMILES string of the molecule is CCc1c(-c2cc3ccccc3o2)oc(=O)c(C)c1OC(=O)CNC(=O)OC(C)(C)C. The van der Waals surface area contributed by atoms with E-state index in [1.165, 1.54) is 6.92 Å². The molecule has 0 saturated heterocycles. The Kier molecular flexibility index (Phi) is 6.19. The molecule has 1 N–H and O–H groups in total. The monoisotopic (exact) mass is 427 g/mol. The van der Waals surface area contributed by atoms with E-state index in [2.05, 4.69) is 5.32 Å². The summed E-state index contributed by atoms with van der Waals surface area (Å²) in [5.74, 6) is -0.0773. The van der Waals surface area contributed by atoms with Crippen molar-refractivity contribution >= 4 is 23.0 Å². The Balaban J connectivity index is 1.89. The second-order valence-electron chi connectivity index (χ2n) is 7.98. The number of rotatable bonds is 5. The number of nitrogens with one attached hydrogen (secondary N) is 1. The quantitative estimate of drug-likeness (QED) is 0.603.